The van der Waals surface area contributed by atoms with Crippen LogP contribution in [0.5, 0.6) is 11.5 Å². The van der Waals surface area contributed by atoms with Gasteiger partial charge in [-0.15, -0.1) is 0 Å². The summed E-state index contributed by atoms with van der Waals surface area (Å²) in [4.78, 5) is 27.5. The molecule has 0 unspecified atom stereocenters. The molecule has 2 aromatic carbocycles. The Morgan fingerprint density at radius 1 is 1.16 bits per heavy atom. The smallest absolute Gasteiger partial charge is 0.295 e. The zero-order valence-electron chi connectivity index (χ0n) is 18.5. The van der Waals surface area contributed by atoms with E-state index in [1.54, 1.807) is 38.5 Å². The Morgan fingerprint density at radius 3 is 2.59 bits per heavy atom. The average Bonchev–Trinajstić information content (AvgIpc) is 3.29. The number of nitrogens with zero attached hydrogens (tertiary/aromatic N) is 1. The second-order valence-corrected chi connectivity index (χ2v) is 8.07. The first-order chi connectivity index (χ1) is 15.4. The highest BCUT2D eigenvalue weighted by Gasteiger charge is 2.45. The molecule has 0 aromatic heterocycles. The van der Waals surface area contributed by atoms with Crippen LogP contribution in [0.4, 0.5) is 0 Å². The lowest BCUT2D eigenvalue weighted by atomic mass is 9.94. The number of aliphatic hydroxyl groups excluding tert-OH is 1. The number of likely N-dealkylation sites (tertiary alicyclic amines) is 1. The minimum atomic E-state index is -0.693. The summed E-state index contributed by atoms with van der Waals surface area (Å²) in [6, 6.07) is 11.8. The first kappa shape index (κ1) is 21.9. The van der Waals surface area contributed by atoms with Crippen molar-refractivity contribution >= 4 is 17.4 Å². The van der Waals surface area contributed by atoms with Crippen molar-refractivity contribution in [2.45, 2.75) is 31.9 Å². The van der Waals surface area contributed by atoms with Crippen LogP contribution in [0.1, 0.15) is 36.1 Å². The van der Waals surface area contributed by atoms with E-state index in [1.807, 2.05) is 25.1 Å². The van der Waals surface area contributed by atoms with Gasteiger partial charge in [0.15, 0.2) is 0 Å². The highest BCUT2D eigenvalue weighted by molar-refractivity contribution is 6.46. The van der Waals surface area contributed by atoms with Gasteiger partial charge in [-0.1, -0.05) is 12.1 Å². The van der Waals surface area contributed by atoms with Crippen LogP contribution in [0.25, 0.3) is 5.76 Å². The number of carbonyl (C=O) groups is 2. The second-order valence-electron chi connectivity index (χ2n) is 8.07. The third-order valence-electron chi connectivity index (χ3n) is 5.89. The van der Waals surface area contributed by atoms with E-state index in [0.717, 1.165) is 23.3 Å². The molecule has 2 aliphatic heterocycles. The Morgan fingerprint density at radius 2 is 1.91 bits per heavy atom. The number of benzene rings is 2. The van der Waals surface area contributed by atoms with Crippen molar-refractivity contribution in [3.63, 3.8) is 0 Å². The molecule has 7 heteroatoms. The molecule has 1 amide bonds. The van der Waals surface area contributed by atoms with Crippen molar-refractivity contribution in [1.82, 2.24) is 4.90 Å². The summed E-state index contributed by atoms with van der Waals surface area (Å²) in [7, 11) is 3.16. The van der Waals surface area contributed by atoms with Gasteiger partial charge in [-0.25, -0.2) is 0 Å². The highest BCUT2D eigenvalue weighted by Crippen LogP contribution is 2.41. The van der Waals surface area contributed by atoms with Crippen molar-refractivity contribution in [2.24, 2.45) is 0 Å². The van der Waals surface area contributed by atoms with Gasteiger partial charge in [-0.05, 0) is 54.8 Å². The van der Waals surface area contributed by atoms with Crippen molar-refractivity contribution in [3.8, 4) is 11.5 Å². The number of ketones is 1. The van der Waals surface area contributed by atoms with Crippen LogP contribution < -0.4 is 9.47 Å². The number of methoxy groups -OCH3 is 2. The molecule has 0 radical (unpaired) electrons. The molecule has 2 aromatic rings. The van der Waals surface area contributed by atoms with Gasteiger partial charge in [0.25, 0.3) is 11.7 Å². The van der Waals surface area contributed by atoms with E-state index in [9.17, 15) is 14.7 Å². The van der Waals surface area contributed by atoms with Crippen molar-refractivity contribution in [1.29, 1.82) is 0 Å². The van der Waals surface area contributed by atoms with E-state index in [4.69, 9.17) is 14.2 Å². The molecule has 0 bridgehead atoms. The number of ether oxygens (including phenoxy) is 3. The summed E-state index contributed by atoms with van der Waals surface area (Å²) < 4.78 is 16.1. The summed E-state index contributed by atoms with van der Waals surface area (Å²) in [5.41, 5.74) is 2.28. The summed E-state index contributed by atoms with van der Waals surface area (Å²) >= 11 is 0. The lowest BCUT2D eigenvalue weighted by Gasteiger charge is -2.25. The zero-order valence-corrected chi connectivity index (χ0v) is 18.5. The average molecular weight is 437 g/mol. The van der Waals surface area contributed by atoms with Crippen LogP contribution >= 0.6 is 0 Å². The summed E-state index contributed by atoms with van der Waals surface area (Å²) in [6.45, 7) is 2.78. The first-order valence-electron chi connectivity index (χ1n) is 10.7. The third kappa shape index (κ3) is 3.96. The maximum Gasteiger partial charge on any atom is 0.295 e. The van der Waals surface area contributed by atoms with Gasteiger partial charge in [0, 0.05) is 32.2 Å². The first-order valence-corrected chi connectivity index (χ1v) is 10.7. The van der Waals surface area contributed by atoms with Gasteiger partial charge in [0.2, 0.25) is 0 Å². The summed E-state index contributed by atoms with van der Waals surface area (Å²) in [5.74, 6) is -0.0493. The molecule has 1 saturated heterocycles. The largest absolute Gasteiger partial charge is 0.507 e. The lowest BCUT2D eigenvalue weighted by Crippen LogP contribution is -2.31. The van der Waals surface area contributed by atoms with Crippen LogP contribution in [0.2, 0.25) is 0 Å². The van der Waals surface area contributed by atoms with Crippen molar-refractivity contribution in [2.75, 3.05) is 27.4 Å². The quantitative estimate of drug-likeness (QED) is 0.309. The fourth-order valence-corrected chi connectivity index (χ4v) is 4.35. The highest BCUT2D eigenvalue weighted by atomic mass is 16.5. The number of hydrogen-bond acceptors (Lipinski definition) is 6. The van der Waals surface area contributed by atoms with Crippen LogP contribution in [-0.2, 0) is 20.7 Å². The van der Waals surface area contributed by atoms with E-state index in [0.29, 0.717) is 30.9 Å². The molecule has 2 heterocycles. The monoisotopic (exact) mass is 437 g/mol. The zero-order chi connectivity index (χ0) is 22.8. The number of Topliss-reactive ketones (excluding diaryl/α,β-unsaturated/α-hetero) is 1. The molecule has 32 heavy (non-hydrogen) atoms. The van der Waals surface area contributed by atoms with Crippen LogP contribution in [-0.4, -0.2) is 55.2 Å². The standard InChI is InChI=1S/C25H27NO6/c1-15-13-18-14-17(7-10-20(18)32-15)23(27)21-22(16-5-8-19(31-3)9-6-16)26(11-4-12-30-2)25(29)24(21)28/h5-10,14-15,22,27H,4,11-13H2,1-3H3/t15-,22-/m1/s1. The molecule has 0 spiro atoms. The van der Waals surface area contributed by atoms with E-state index in [2.05, 4.69) is 0 Å². The number of aliphatic hydroxyl groups is 1. The third-order valence-corrected chi connectivity index (χ3v) is 5.89. The predicted molar refractivity (Wildman–Crippen MR) is 119 cm³/mol. The molecular formula is C25H27NO6. The van der Waals surface area contributed by atoms with Crippen molar-refractivity contribution in [3.05, 3.63) is 64.7 Å². The number of rotatable bonds is 7. The molecule has 2 atom stereocenters. The molecule has 0 aliphatic carbocycles. The minimum absolute atomic E-state index is 0.0630. The van der Waals surface area contributed by atoms with Crippen LogP contribution in [0.15, 0.2) is 48.0 Å². The molecule has 2 aliphatic rings. The van der Waals surface area contributed by atoms with Crippen molar-refractivity contribution < 1.29 is 28.9 Å². The molecule has 7 nitrogen and oxygen atoms in total. The van der Waals surface area contributed by atoms with E-state index >= 15 is 0 Å². The van der Waals surface area contributed by atoms with Crippen LogP contribution in [0, 0.1) is 0 Å². The Balaban J connectivity index is 1.79. The van der Waals surface area contributed by atoms with Crippen LogP contribution in [0.3, 0.4) is 0 Å². The lowest BCUT2D eigenvalue weighted by molar-refractivity contribution is -0.140. The molecule has 0 saturated carbocycles. The topological polar surface area (TPSA) is 85.3 Å². The van der Waals surface area contributed by atoms with E-state index in [-0.39, 0.29) is 17.4 Å². The Kier molecular flexibility index (Phi) is 6.19. The molecular weight excluding hydrogens is 410 g/mol. The maximum absolute atomic E-state index is 13.1. The Bertz CT molecular complexity index is 1060. The number of amides is 1. The molecule has 168 valence electrons. The van der Waals surface area contributed by atoms with Gasteiger partial charge in [-0.2, -0.15) is 0 Å². The number of carbonyl (C=O) groups excluding carboxylic acids is 2. The molecule has 1 N–H and O–H groups in total. The second kappa shape index (κ2) is 9.04. The Labute approximate surface area is 187 Å². The van der Waals surface area contributed by atoms with Gasteiger partial charge in [0.1, 0.15) is 23.4 Å². The van der Waals surface area contributed by atoms with Gasteiger partial charge in [-0.3, -0.25) is 9.59 Å². The Hall–Kier alpha value is -3.32. The fourth-order valence-electron chi connectivity index (χ4n) is 4.35. The normalized spacial score (nSPS) is 21.5. The fraction of sp³-hybridized carbons (Fsp3) is 0.360. The van der Waals surface area contributed by atoms with Gasteiger partial charge < -0.3 is 24.2 Å². The molecule has 4 rings (SSSR count). The van der Waals surface area contributed by atoms with Gasteiger partial charge in [0.05, 0.1) is 18.7 Å². The number of fused-ring (bicyclic) bond motifs is 1. The van der Waals surface area contributed by atoms with E-state index in [1.165, 1.54) is 4.90 Å². The summed E-state index contributed by atoms with van der Waals surface area (Å²) in [6.07, 6.45) is 1.36. The maximum atomic E-state index is 13.1. The predicted octanol–water partition coefficient (Wildman–Crippen LogP) is 3.48. The summed E-state index contributed by atoms with van der Waals surface area (Å²) in [5, 5.41) is 11.2. The van der Waals surface area contributed by atoms with Gasteiger partial charge >= 0.3 is 0 Å². The molecule has 1 fully saturated rings. The van der Waals surface area contributed by atoms with E-state index < -0.39 is 17.7 Å². The number of hydrogen-bond donors (Lipinski definition) is 1. The SMILES string of the molecule is COCCCN1C(=O)C(=O)C(=C(O)c2ccc3c(c2)C[C@@H](C)O3)[C@H]1c1ccc(OC)cc1. The minimum Gasteiger partial charge on any atom is -0.507 e.